The third kappa shape index (κ3) is 4.18. The number of rotatable bonds is 4. The van der Waals surface area contributed by atoms with E-state index in [1.54, 1.807) is 6.08 Å². The van der Waals surface area contributed by atoms with Gasteiger partial charge in [-0.25, -0.2) is 0 Å². The molecule has 0 aliphatic heterocycles. The van der Waals surface area contributed by atoms with Crippen LogP contribution in [0.2, 0.25) is 0 Å². The van der Waals surface area contributed by atoms with Crippen LogP contribution in [0.3, 0.4) is 0 Å². The average molecular weight is 149 g/mol. The Morgan fingerprint density at radius 1 is 1.78 bits per heavy atom. The van der Waals surface area contributed by atoms with Gasteiger partial charge in [0, 0.05) is 12.6 Å². The van der Waals surface area contributed by atoms with E-state index in [1.807, 2.05) is 0 Å². The third-order valence-corrected chi connectivity index (χ3v) is 1.09. The lowest BCUT2D eigenvalue weighted by Crippen LogP contribution is -2.09. The Morgan fingerprint density at radius 2 is 2.44 bits per heavy atom. The van der Waals surface area contributed by atoms with Crippen LogP contribution < -0.4 is 0 Å². The summed E-state index contributed by atoms with van der Waals surface area (Å²) in [6.45, 7) is 0. The fraction of sp³-hybridized carbons (Fsp3) is 0.500. The molecule has 0 aromatic rings. The highest BCUT2D eigenvalue weighted by Gasteiger charge is 1.99. The van der Waals surface area contributed by atoms with Crippen LogP contribution in [0.4, 0.5) is 0 Å². The lowest BCUT2D eigenvalue weighted by atomic mass is 10.3. The maximum absolute atomic E-state index is 10.0. The minimum Gasteiger partial charge on any atom is -0.374 e. The molecule has 2 nitrogen and oxygen atoms in total. The summed E-state index contributed by atoms with van der Waals surface area (Å²) >= 11 is 5.21. The van der Waals surface area contributed by atoms with Gasteiger partial charge in [0.15, 0.2) is 0 Å². The molecule has 0 aromatic carbocycles. The van der Waals surface area contributed by atoms with E-state index in [0.717, 1.165) is 6.29 Å². The monoisotopic (exact) mass is 148 g/mol. The van der Waals surface area contributed by atoms with Gasteiger partial charge in [0.1, 0.15) is 12.4 Å². The topological polar surface area (TPSA) is 26.3 Å². The first-order chi connectivity index (χ1) is 4.35. The number of ether oxygens (including phenoxy) is 1. The lowest BCUT2D eigenvalue weighted by Gasteiger charge is -2.01. The maximum atomic E-state index is 10.0. The van der Waals surface area contributed by atoms with Gasteiger partial charge in [-0.15, -0.1) is 0 Å². The van der Waals surface area contributed by atoms with E-state index in [9.17, 15) is 4.79 Å². The molecule has 0 unspecified atom stereocenters. The molecule has 0 aliphatic rings. The van der Waals surface area contributed by atoms with Crippen molar-refractivity contribution in [3.63, 3.8) is 0 Å². The Bertz CT molecular complexity index is 101. The summed E-state index contributed by atoms with van der Waals surface area (Å²) in [6.07, 6.45) is 2.62. The van der Waals surface area contributed by atoms with Crippen molar-refractivity contribution in [1.29, 1.82) is 0 Å². The van der Waals surface area contributed by atoms with E-state index >= 15 is 0 Å². The van der Waals surface area contributed by atoms with Crippen molar-refractivity contribution in [3.8, 4) is 0 Å². The molecule has 0 amide bonds. The summed E-state index contributed by atoms with van der Waals surface area (Å²) in [5, 5.41) is 0. The van der Waals surface area contributed by atoms with Gasteiger partial charge in [0.2, 0.25) is 0 Å². The zero-order chi connectivity index (χ0) is 7.11. The Labute approximate surface area is 59.5 Å². The highest BCUT2D eigenvalue weighted by Crippen LogP contribution is 1.94. The minimum absolute atomic E-state index is 0.347. The normalized spacial score (nSPS) is 14.0. The number of methoxy groups -OCH3 is 1. The highest BCUT2D eigenvalue weighted by atomic mass is 35.5. The van der Waals surface area contributed by atoms with Gasteiger partial charge in [-0.3, -0.25) is 0 Å². The van der Waals surface area contributed by atoms with Crippen LogP contribution in [0.15, 0.2) is 11.6 Å². The Balaban J connectivity index is 3.42. The third-order valence-electron chi connectivity index (χ3n) is 0.912. The summed E-state index contributed by atoms with van der Waals surface area (Å²) < 4.78 is 4.72. The molecule has 0 bridgehead atoms. The number of hydrogen-bond acceptors (Lipinski definition) is 2. The van der Waals surface area contributed by atoms with Crippen molar-refractivity contribution in [2.75, 3.05) is 7.11 Å². The van der Waals surface area contributed by atoms with Crippen molar-refractivity contribution >= 4 is 17.9 Å². The van der Waals surface area contributed by atoms with Crippen LogP contribution in [0.5, 0.6) is 0 Å². The quantitative estimate of drug-likeness (QED) is 0.563. The van der Waals surface area contributed by atoms with Crippen LogP contribution in [0.1, 0.15) is 6.42 Å². The summed E-state index contributed by atoms with van der Waals surface area (Å²) in [5.74, 6) is 0. The van der Waals surface area contributed by atoms with E-state index in [1.165, 1.54) is 12.6 Å². The molecular weight excluding hydrogens is 140 g/mol. The molecule has 3 heteroatoms. The molecule has 1 atom stereocenters. The Hall–Kier alpha value is -0.340. The predicted octanol–water partition coefficient (Wildman–Crippen LogP) is 1.34. The number of halogens is 1. The molecule has 0 aromatic heterocycles. The summed E-state index contributed by atoms with van der Waals surface area (Å²) in [5.41, 5.74) is 1.37. The molecule has 0 radical (unpaired) electrons. The number of hydrogen-bond donors (Lipinski definition) is 0. The van der Waals surface area contributed by atoms with E-state index in [0.29, 0.717) is 6.42 Å². The fourth-order valence-electron chi connectivity index (χ4n) is 0.393. The van der Waals surface area contributed by atoms with Crippen LogP contribution >= 0.6 is 11.6 Å². The molecule has 0 rings (SSSR count). The second-order valence-electron chi connectivity index (χ2n) is 1.51. The maximum Gasteiger partial charge on any atom is 0.149 e. The second-order valence-corrected chi connectivity index (χ2v) is 1.76. The summed E-state index contributed by atoms with van der Waals surface area (Å²) in [4.78, 5) is 10.0. The van der Waals surface area contributed by atoms with Crippen LogP contribution in [0.25, 0.3) is 0 Å². The van der Waals surface area contributed by atoms with Gasteiger partial charge in [0.25, 0.3) is 0 Å². The Kier molecular flexibility index (Phi) is 5.57. The molecule has 0 spiro atoms. The molecular formula is C6H9ClO2. The van der Waals surface area contributed by atoms with Crippen molar-refractivity contribution in [1.82, 2.24) is 0 Å². The average Bonchev–Trinajstić information content (AvgIpc) is 1.91. The zero-order valence-corrected chi connectivity index (χ0v) is 5.97. The number of carbonyl (C=O) groups excluding carboxylic acids is 1. The fourth-order valence-corrected chi connectivity index (χ4v) is 0.496. The zero-order valence-electron chi connectivity index (χ0n) is 5.21. The van der Waals surface area contributed by atoms with Gasteiger partial charge in [0.05, 0.1) is 0 Å². The van der Waals surface area contributed by atoms with Crippen LogP contribution in [-0.4, -0.2) is 19.5 Å². The predicted molar refractivity (Wildman–Crippen MR) is 36.5 cm³/mol. The van der Waals surface area contributed by atoms with E-state index < -0.39 is 0 Å². The Morgan fingerprint density at radius 3 is 2.78 bits per heavy atom. The van der Waals surface area contributed by atoms with Gasteiger partial charge in [-0.2, -0.15) is 0 Å². The number of carbonyl (C=O) groups is 1. The summed E-state index contributed by atoms with van der Waals surface area (Å²) in [7, 11) is 1.49. The second kappa shape index (κ2) is 5.79. The SMILES string of the molecule is CO[C@@H](C=O)C/C=C/Cl. The van der Waals surface area contributed by atoms with E-state index in [4.69, 9.17) is 16.3 Å². The first-order valence-electron chi connectivity index (χ1n) is 2.58. The molecule has 0 saturated heterocycles. The van der Waals surface area contributed by atoms with Crippen molar-refractivity contribution in [3.05, 3.63) is 11.6 Å². The smallest absolute Gasteiger partial charge is 0.149 e. The van der Waals surface area contributed by atoms with Gasteiger partial charge in [-0.1, -0.05) is 17.7 Å². The molecule has 0 saturated carbocycles. The molecule has 0 aliphatic carbocycles. The summed E-state index contributed by atoms with van der Waals surface area (Å²) in [6, 6.07) is 0. The largest absolute Gasteiger partial charge is 0.374 e. The van der Waals surface area contributed by atoms with Crippen molar-refractivity contribution < 1.29 is 9.53 Å². The number of aldehydes is 1. The van der Waals surface area contributed by atoms with E-state index in [-0.39, 0.29) is 6.10 Å². The van der Waals surface area contributed by atoms with Crippen LogP contribution in [0, 0.1) is 0 Å². The van der Waals surface area contributed by atoms with Gasteiger partial charge >= 0.3 is 0 Å². The molecule has 0 heterocycles. The lowest BCUT2D eigenvalue weighted by molar-refractivity contribution is -0.116. The molecule has 0 N–H and O–H groups in total. The van der Waals surface area contributed by atoms with Gasteiger partial charge < -0.3 is 9.53 Å². The van der Waals surface area contributed by atoms with Crippen LogP contribution in [-0.2, 0) is 9.53 Å². The molecule has 9 heavy (non-hydrogen) atoms. The molecule has 52 valence electrons. The first kappa shape index (κ1) is 8.66. The van der Waals surface area contributed by atoms with Crippen molar-refractivity contribution in [2.45, 2.75) is 12.5 Å². The van der Waals surface area contributed by atoms with E-state index in [2.05, 4.69) is 0 Å². The highest BCUT2D eigenvalue weighted by molar-refractivity contribution is 6.25. The molecule has 0 fully saturated rings. The van der Waals surface area contributed by atoms with Gasteiger partial charge in [-0.05, 0) is 6.42 Å². The van der Waals surface area contributed by atoms with Crippen molar-refractivity contribution in [2.24, 2.45) is 0 Å². The standard InChI is InChI=1S/C6H9ClO2/c1-9-6(5-8)3-2-4-7/h2,4-6H,3H2,1H3/b4-2+/t6-/m1/s1. The minimum atomic E-state index is -0.347. The first-order valence-corrected chi connectivity index (χ1v) is 3.02.